The first-order valence-electron chi connectivity index (χ1n) is 11.0. The molecule has 0 spiro atoms. The van der Waals surface area contributed by atoms with Crippen molar-refractivity contribution in [2.75, 3.05) is 20.3 Å². The van der Waals surface area contributed by atoms with E-state index in [4.69, 9.17) is 9.47 Å². The average Bonchev–Trinajstić information content (AvgIpc) is 3.48. The molecule has 3 aromatic rings. The first-order valence-corrected chi connectivity index (χ1v) is 11.0. The summed E-state index contributed by atoms with van der Waals surface area (Å²) in [5.74, 6) is 1.64. The lowest BCUT2D eigenvalue weighted by atomic mass is 10.1. The Balaban J connectivity index is 0.00000306. The molecule has 0 amide bonds. The van der Waals surface area contributed by atoms with Gasteiger partial charge in [-0.15, -0.1) is 24.0 Å². The van der Waals surface area contributed by atoms with E-state index in [0.717, 1.165) is 42.4 Å². The summed E-state index contributed by atoms with van der Waals surface area (Å²) >= 11 is 0. The first kappa shape index (κ1) is 25.0. The maximum absolute atomic E-state index is 6.20. The van der Waals surface area contributed by atoms with Crippen molar-refractivity contribution >= 4 is 29.9 Å². The molecule has 0 radical (unpaired) electrons. The van der Waals surface area contributed by atoms with E-state index in [0.29, 0.717) is 19.7 Å². The molecule has 1 aliphatic rings. The van der Waals surface area contributed by atoms with Gasteiger partial charge in [0.25, 0.3) is 0 Å². The third kappa shape index (κ3) is 7.46. The lowest BCUT2D eigenvalue weighted by Gasteiger charge is -2.18. The maximum atomic E-state index is 6.20. The monoisotopic (exact) mass is 561 g/mol. The van der Waals surface area contributed by atoms with Crippen LogP contribution in [0, 0.1) is 6.92 Å². The van der Waals surface area contributed by atoms with Crippen molar-refractivity contribution in [2.24, 2.45) is 4.99 Å². The number of hydrogen-bond donors (Lipinski definition) is 2. The van der Waals surface area contributed by atoms with Gasteiger partial charge in [-0.25, -0.2) is 0 Å². The molecule has 0 bridgehead atoms. The third-order valence-corrected chi connectivity index (χ3v) is 5.41. The quantitative estimate of drug-likeness (QED) is 0.248. The largest absolute Gasteiger partial charge is 0.488 e. The molecule has 2 heterocycles. The van der Waals surface area contributed by atoms with Crippen molar-refractivity contribution in [2.45, 2.75) is 39.1 Å². The highest BCUT2D eigenvalue weighted by molar-refractivity contribution is 14.0. The number of aromatic nitrogens is 2. The van der Waals surface area contributed by atoms with Crippen molar-refractivity contribution < 1.29 is 9.47 Å². The van der Waals surface area contributed by atoms with Gasteiger partial charge in [0.15, 0.2) is 5.96 Å². The van der Waals surface area contributed by atoms with Crippen LogP contribution < -0.4 is 15.4 Å². The molecule has 1 unspecified atom stereocenters. The van der Waals surface area contributed by atoms with E-state index in [1.54, 1.807) is 7.05 Å². The number of hydrogen-bond acceptors (Lipinski definition) is 4. The zero-order valence-corrected chi connectivity index (χ0v) is 21.5. The maximum Gasteiger partial charge on any atom is 0.191 e. The third-order valence-electron chi connectivity index (χ3n) is 5.41. The van der Waals surface area contributed by atoms with Crippen molar-refractivity contribution in [1.82, 2.24) is 20.4 Å². The zero-order valence-electron chi connectivity index (χ0n) is 19.2. The molecule has 2 aromatic carbocycles. The van der Waals surface area contributed by atoms with Crippen LogP contribution in [-0.4, -0.2) is 42.1 Å². The Kier molecular flexibility index (Phi) is 9.56. The van der Waals surface area contributed by atoms with Gasteiger partial charge in [0.2, 0.25) is 0 Å². The molecule has 1 fully saturated rings. The summed E-state index contributed by atoms with van der Waals surface area (Å²) in [6, 6.07) is 16.6. The summed E-state index contributed by atoms with van der Waals surface area (Å²) in [6.45, 7) is 5.52. The second kappa shape index (κ2) is 12.6. The van der Waals surface area contributed by atoms with Crippen molar-refractivity contribution in [3.8, 4) is 5.75 Å². The second-order valence-corrected chi connectivity index (χ2v) is 8.03. The summed E-state index contributed by atoms with van der Waals surface area (Å²) in [5, 5.41) is 11.2. The predicted octanol–water partition coefficient (Wildman–Crippen LogP) is 3.89. The minimum absolute atomic E-state index is 0. The Hall–Kier alpha value is -2.59. The topological polar surface area (TPSA) is 72.7 Å². The first-order chi connectivity index (χ1) is 15.7. The van der Waals surface area contributed by atoms with Crippen molar-refractivity contribution in [1.29, 1.82) is 0 Å². The molecule has 8 heteroatoms. The fraction of sp³-hybridized carbons (Fsp3) is 0.360. The van der Waals surface area contributed by atoms with Crippen LogP contribution in [0.25, 0.3) is 0 Å². The van der Waals surface area contributed by atoms with E-state index < -0.39 is 0 Å². The Bertz CT molecular complexity index is 1030. The molecule has 1 aromatic heterocycles. The molecule has 33 heavy (non-hydrogen) atoms. The molecule has 2 N–H and O–H groups in total. The smallest absolute Gasteiger partial charge is 0.191 e. The van der Waals surface area contributed by atoms with E-state index in [1.807, 2.05) is 29.1 Å². The number of aliphatic imine (C=N–C) groups is 1. The van der Waals surface area contributed by atoms with E-state index in [-0.39, 0.29) is 30.1 Å². The Morgan fingerprint density at radius 3 is 2.73 bits per heavy atom. The van der Waals surface area contributed by atoms with Crippen molar-refractivity contribution in [3.05, 3.63) is 83.2 Å². The fourth-order valence-corrected chi connectivity index (χ4v) is 3.64. The normalized spacial score (nSPS) is 15.7. The van der Waals surface area contributed by atoms with Gasteiger partial charge in [-0.05, 0) is 24.1 Å². The van der Waals surface area contributed by atoms with Crippen LogP contribution in [0.3, 0.4) is 0 Å². The number of rotatable bonds is 8. The summed E-state index contributed by atoms with van der Waals surface area (Å²) < 4.78 is 13.6. The lowest BCUT2D eigenvalue weighted by molar-refractivity contribution is 0.140. The highest BCUT2D eigenvalue weighted by atomic mass is 127. The van der Waals surface area contributed by atoms with Crippen LogP contribution in [0.15, 0.2) is 65.9 Å². The SMILES string of the molecule is CN=C(NCc1cnn(Cc2ccccc2)c1)NCc1ccc(C)cc1OC1CCOC1.I. The second-order valence-electron chi connectivity index (χ2n) is 8.03. The van der Waals surface area contributed by atoms with Crippen LogP contribution in [0.1, 0.15) is 28.7 Å². The van der Waals surface area contributed by atoms with Gasteiger partial charge in [-0.2, -0.15) is 5.10 Å². The molecular formula is C25H32IN5O2. The number of aryl methyl sites for hydroxylation is 1. The van der Waals surface area contributed by atoms with Crippen LogP contribution in [0.4, 0.5) is 0 Å². The number of halogens is 1. The molecule has 176 valence electrons. The van der Waals surface area contributed by atoms with E-state index in [2.05, 4.69) is 64.2 Å². The number of benzene rings is 2. The lowest BCUT2D eigenvalue weighted by Crippen LogP contribution is -2.36. The Morgan fingerprint density at radius 1 is 1.15 bits per heavy atom. The molecule has 1 aliphatic heterocycles. The van der Waals surface area contributed by atoms with Gasteiger partial charge in [0, 0.05) is 43.9 Å². The summed E-state index contributed by atoms with van der Waals surface area (Å²) in [7, 11) is 1.77. The van der Waals surface area contributed by atoms with Gasteiger partial charge in [0.05, 0.1) is 26.0 Å². The zero-order chi connectivity index (χ0) is 22.2. The molecule has 1 atom stereocenters. The van der Waals surface area contributed by atoms with Gasteiger partial charge in [-0.1, -0.05) is 42.5 Å². The standard InChI is InChI=1S/C25H31N5O2.HI/c1-19-8-9-22(24(12-19)32-23-10-11-31-18-23)15-28-25(26-2)27-13-21-14-29-30(17-21)16-20-6-4-3-5-7-20;/h3-9,12,14,17,23H,10-11,13,15-16,18H2,1-2H3,(H2,26,27,28);1H. The minimum Gasteiger partial charge on any atom is -0.488 e. The Labute approximate surface area is 212 Å². The molecule has 0 aliphatic carbocycles. The number of nitrogens with zero attached hydrogens (tertiary/aromatic N) is 3. The summed E-state index contributed by atoms with van der Waals surface area (Å²) in [6.07, 6.45) is 5.00. The van der Waals surface area contributed by atoms with Gasteiger partial charge in [-0.3, -0.25) is 9.67 Å². The van der Waals surface area contributed by atoms with Gasteiger partial charge in [0.1, 0.15) is 11.9 Å². The van der Waals surface area contributed by atoms with Gasteiger partial charge >= 0.3 is 0 Å². The molecular weight excluding hydrogens is 529 g/mol. The van der Waals surface area contributed by atoms with E-state index in [1.165, 1.54) is 11.1 Å². The number of guanidine groups is 1. The highest BCUT2D eigenvalue weighted by Crippen LogP contribution is 2.23. The Morgan fingerprint density at radius 2 is 1.97 bits per heavy atom. The number of ether oxygens (including phenoxy) is 2. The number of nitrogens with one attached hydrogen (secondary N) is 2. The van der Waals surface area contributed by atoms with Crippen LogP contribution in [0.5, 0.6) is 5.75 Å². The van der Waals surface area contributed by atoms with Crippen LogP contribution >= 0.6 is 24.0 Å². The van der Waals surface area contributed by atoms with Gasteiger partial charge < -0.3 is 20.1 Å². The van der Waals surface area contributed by atoms with Crippen LogP contribution in [0.2, 0.25) is 0 Å². The summed E-state index contributed by atoms with van der Waals surface area (Å²) in [4.78, 5) is 4.35. The van der Waals surface area contributed by atoms with Crippen molar-refractivity contribution in [3.63, 3.8) is 0 Å². The average molecular weight is 561 g/mol. The predicted molar refractivity (Wildman–Crippen MR) is 141 cm³/mol. The summed E-state index contributed by atoms with van der Waals surface area (Å²) in [5.41, 5.74) is 4.61. The molecule has 0 saturated carbocycles. The molecule has 1 saturated heterocycles. The molecule has 4 rings (SSSR count). The molecule has 7 nitrogen and oxygen atoms in total. The van der Waals surface area contributed by atoms with E-state index in [9.17, 15) is 0 Å². The fourth-order valence-electron chi connectivity index (χ4n) is 3.64. The van der Waals surface area contributed by atoms with Crippen LogP contribution in [-0.2, 0) is 24.4 Å². The minimum atomic E-state index is 0. The van der Waals surface area contributed by atoms with E-state index >= 15 is 0 Å². The highest BCUT2D eigenvalue weighted by Gasteiger charge is 2.18.